The molecule has 2 amide bonds. The number of aromatic nitrogens is 2. The van der Waals surface area contributed by atoms with E-state index in [1.54, 1.807) is 5.51 Å². The summed E-state index contributed by atoms with van der Waals surface area (Å²) in [5.41, 5.74) is 2.91. The highest BCUT2D eigenvalue weighted by atomic mass is 32.1. The van der Waals surface area contributed by atoms with Crippen LogP contribution in [0.2, 0.25) is 0 Å². The molecular weight excluding hydrogens is 324 g/mol. The van der Waals surface area contributed by atoms with E-state index in [-0.39, 0.29) is 6.03 Å². The van der Waals surface area contributed by atoms with Crippen molar-refractivity contribution in [1.29, 1.82) is 0 Å². The largest absolute Gasteiger partial charge is 0.337 e. The van der Waals surface area contributed by atoms with Crippen molar-refractivity contribution in [2.45, 2.75) is 6.04 Å². The molecule has 0 radical (unpaired) electrons. The summed E-state index contributed by atoms with van der Waals surface area (Å²) in [6.07, 6.45) is 0. The van der Waals surface area contributed by atoms with Gasteiger partial charge in [0, 0.05) is 38.8 Å². The minimum absolute atomic E-state index is 0.239. The highest BCUT2D eigenvalue weighted by Gasteiger charge is 2.26. The molecule has 0 spiro atoms. The van der Waals surface area contributed by atoms with Crippen LogP contribution >= 0.6 is 11.3 Å². The molecule has 1 saturated heterocycles. The number of rotatable bonds is 5. The minimum Gasteiger partial charge on any atom is -0.337 e. The zero-order valence-electron chi connectivity index (χ0n) is 13.7. The average Bonchev–Trinajstić information content (AvgIpc) is 3.10. The lowest BCUT2D eigenvalue weighted by molar-refractivity contribution is 0.0913. The second kappa shape index (κ2) is 8.18. The third-order valence-electron chi connectivity index (χ3n) is 4.14. The number of carbonyl (C=O) groups excluding carboxylic acids is 1. The molecular formula is C16H22N6OS. The number of carbonyl (C=O) groups is 1. The Labute approximate surface area is 145 Å². The molecule has 7 nitrogen and oxygen atoms in total. The first-order valence-corrected chi connectivity index (χ1v) is 8.89. The van der Waals surface area contributed by atoms with E-state index in [0.29, 0.717) is 17.7 Å². The maximum atomic E-state index is 11.8. The molecule has 1 aromatic carbocycles. The fourth-order valence-corrected chi connectivity index (χ4v) is 3.34. The van der Waals surface area contributed by atoms with Crippen LogP contribution in [0.3, 0.4) is 0 Å². The number of anilines is 1. The molecule has 8 heteroatoms. The third-order valence-corrected chi connectivity index (χ3v) is 4.75. The number of urea groups is 1. The van der Waals surface area contributed by atoms with Gasteiger partial charge in [0.15, 0.2) is 0 Å². The maximum Gasteiger partial charge on any atom is 0.321 e. The molecule has 128 valence electrons. The van der Waals surface area contributed by atoms with Gasteiger partial charge in [0.2, 0.25) is 5.13 Å². The maximum absolute atomic E-state index is 11.8. The van der Waals surface area contributed by atoms with Crippen LogP contribution in [0.15, 0.2) is 35.8 Å². The standard InChI is InChI=1S/C16H22N6OS/c1-21-9-10-22(14(11-21)13-5-3-2-4-6-13)8-7-17-15(23)19-16-20-18-12-24-16/h2-6,12,14H,7-11H2,1H3,(H2,17,19,20,23)/t14-/m1/s1. The van der Waals surface area contributed by atoms with Crippen molar-refractivity contribution in [1.82, 2.24) is 25.3 Å². The number of benzene rings is 1. The molecule has 0 bridgehead atoms. The van der Waals surface area contributed by atoms with Gasteiger partial charge in [-0.15, -0.1) is 10.2 Å². The van der Waals surface area contributed by atoms with Gasteiger partial charge in [-0.3, -0.25) is 10.2 Å². The monoisotopic (exact) mass is 346 g/mol. The SMILES string of the molecule is CN1CCN(CCNC(=O)Nc2nncs2)[C@@H](c2ccccc2)C1. The molecule has 0 aliphatic carbocycles. The summed E-state index contributed by atoms with van der Waals surface area (Å²) in [4.78, 5) is 16.6. The van der Waals surface area contributed by atoms with Crippen LogP contribution in [0.4, 0.5) is 9.93 Å². The van der Waals surface area contributed by atoms with Crippen LogP contribution in [-0.2, 0) is 0 Å². The fraction of sp³-hybridized carbons (Fsp3) is 0.438. The molecule has 1 fully saturated rings. The van der Waals surface area contributed by atoms with Crippen LogP contribution in [0.5, 0.6) is 0 Å². The van der Waals surface area contributed by atoms with Crippen molar-refractivity contribution in [3.05, 3.63) is 41.4 Å². The van der Waals surface area contributed by atoms with Crippen molar-refractivity contribution < 1.29 is 4.79 Å². The first-order chi connectivity index (χ1) is 11.7. The quantitative estimate of drug-likeness (QED) is 0.861. The lowest BCUT2D eigenvalue weighted by Crippen LogP contribution is -2.49. The van der Waals surface area contributed by atoms with Crippen LogP contribution in [0.25, 0.3) is 0 Å². The van der Waals surface area contributed by atoms with Crippen molar-refractivity contribution in [3.63, 3.8) is 0 Å². The Bertz CT molecular complexity index is 635. The summed E-state index contributed by atoms with van der Waals surface area (Å²) in [5.74, 6) is 0. The van der Waals surface area contributed by atoms with Gasteiger partial charge >= 0.3 is 6.03 Å². The zero-order chi connectivity index (χ0) is 16.8. The number of piperazine rings is 1. The molecule has 2 aromatic rings. The third kappa shape index (κ3) is 4.50. The van der Waals surface area contributed by atoms with Crippen molar-refractivity contribution in [2.75, 3.05) is 45.1 Å². The van der Waals surface area contributed by atoms with Crippen LogP contribution in [0.1, 0.15) is 11.6 Å². The molecule has 1 aliphatic rings. The summed E-state index contributed by atoms with van der Waals surface area (Å²) in [5, 5.41) is 13.6. The summed E-state index contributed by atoms with van der Waals surface area (Å²) in [6.45, 7) is 4.45. The topological polar surface area (TPSA) is 73.4 Å². The zero-order valence-corrected chi connectivity index (χ0v) is 14.5. The van der Waals surface area contributed by atoms with Gasteiger partial charge in [0.05, 0.1) is 0 Å². The van der Waals surface area contributed by atoms with Crippen molar-refractivity contribution in [3.8, 4) is 0 Å². The molecule has 24 heavy (non-hydrogen) atoms. The van der Waals surface area contributed by atoms with E-state index in [0.717, 1.165) is 26.2 Å². The Hall–Kier alpha value is -2.03. The predicted octanol–water partition coefficient (Wildman–Crippen LogP) is 1.65. The van der Waals surface area contributed by atoms with Crippen LogP contribution in [-0.4, -0.2) is 65.8 Å². The summed E-state index contributed by atoms with van der Waals surface area (Å²) >= 11 is 1.30. The molecule has 1 atom stereocenters. The van der Waals surface area contributed by atoms with Gasteiger partial charge in [0.1, 0.15) is 5.51 Å². The van der Waals surface area contributed by atoms with E-state index < -0.39 is 0 Å². The smallest absolute Gasteiger partial charge is 0.321 e. The normalized spacial score (nSPS) is 19.1. The Morgan fingerprint density at radius 2 is 2.17 bits per heavy atom. The fourth-order valence-electron chi connectivity index (χ4n) is 2.90. The minimum atomic E-state index is -0.239. The Morgan fingerprint density at radius 1 is 1.33 bits per heavy atom. The van der Waals surface area contributed by atoms with E-state index in [2.05, 4.69) is 61.9 Å². The molecule has 3 rings (SSSR count). The summed E-state index contributed by atoms with van der Waals surface area (Å²) in [6, 6.07) is 10.7. The lowest BCUT2D eigenvalue weighted by atomic mass is 10.0. The van der Waals surface area contributed by atoms with Gasteiger partial charge in [-0.25, -0.2) is 4.79 Å². The molecule has 1 aliphatic heterocycles. The van der Waals surface area contributed by atoms with Gasteiger partial charge in [-0.05, 0) is 12.6 Å². The van der Waals surface area contributed by atoms with Gasteiger partial charge < -0.3 is 10.2 Å². The highest BCUT2D eigenvalue weighted by molar-refractivity contribution is 7.13. The first-order valence-electron chi connectivity index (χ1n) is 8.01. The van der Waals surface area contributed by atoms with E-state index in [1.807, 2.05) is 6.07 Å². The summed E-state index contributed by atoms with van der Waals surface area (Å²) in [7, 11) is 2.15. The highest BCUT2D eigenvalue weighted by Crippen LogP contribution is 2.24. The number of nitrogens with one attached hydrogen (secondary N) is 2. The number of nitrogens with zero attached hydrogens (tertiary/aromatic N) is 4. The predicted molar refractivity (Wildman–Crippen MR) is 95.2 cm³/mol. The number of hydrogen-bond donors (Lipinski definition) is 2. The number of amides is 2. The van der Waals surface area contributed by atoms with Gasteiger partial charge in [-0.1, -0.05) is 41.7 Å². The Morgan fingerprint density at radius 3 is 2.92 bits per heavy atom. The lowest BCUT2D eigenvalue weighted by Gasteiger charge is -2.40. The summed E-state index contributed by atoms with van der Waals surface area (Å²) < 4.78 is 0. The van der Waals surface area contributed by atoms with Crippen molar-refractivity contribution >= 4 is 22.5 Å². The average molecular weight is 346 g/mol. The van der Waals surface area contributed by atoms with E-state index in [9.17, 15) is 4.79 Å². The Balaban J connectivity index is 1.51. The second-order valence-corrected chi connectivity index (χ2v) is 6.68. The van der Waals surface area contributed by atoms with E-state index >= 15 is 0 Å². The molecule has 0 unspecified atom stereocenters. The van der Waals surface area contributed by atoms with Crippen molar-refractivity contribution in [2.24, 2.45) is 0 Å². The van der Waals surface area contributed by atoms with Crippen LogP contribution < -0.4 is 10.6 Å². The molecule has 1 aromatic heterocycles. The molecule has 2 N–H and O–H groups in total. The number of likely N-dealkylation sites (N-methyl/N-ethyl adjacent to an activating group) is 1. The molecule has 2 heterocycles. The van der Waals surface area contributed by atoms with E-state index in [4.69, 9.17) is 0 Å². The van der Waals surface area contributed by atoms with Gasteiger partial charge in [-0.2, -0.15) is 0 Å². The Kier molecular flexibility index (Phi) is 5.73. The number of hydrogen-bond acceptors (Lipinski definition) is 6. The first kappa shape index (κ1) is 16.8. The van der Waals surface area contributed by atoms with Crippen LogP contribution in [0, 0.1) is 0 Å². The second-order valence-electron chi connectivity index (χ2n) is 5.85. The van der Waals surface area contributed by atoms with Gasteiger partial charge in [0.25, 0.3) is 0 Å². The molecule has 0 saturated carbocycles. The van der Waals surface area contributed by atoms with E-state index in [1.165, 1.54) is 16.9 Å².